The second-order valence-electron chi connectivity index (χ2n) is 6.61. The summed E-state index contributed by atoms with van der Waals surface area (Å²) in [5.74, 6) is 2.95. The van der Waals surface area contributed by atoms with Crippen molar-refractivity contribution in [1.29, 1.82) is 0 Å². The molecule has 1 amide bonds. The summed E-state index contributed by atoms with van der Waals surface area (Å²) >= 11 is 0. The van der Waals surface area contributed by atoms with Crippen molar-refractivity contribution in [3.63, 3.8) is 0 Å². The zero-order chi connectivity index (χ0) is 19.8. The van der Waals surface area contributed by atoms with Crippen molar-refractivity contribution >= 4 is 5.91 Å². The quantitative estimate of drug-likeness (QED) is 0.712. The van der Waals surface area contributed by atoms with E-state index < -0.39 is 0 Å². The summed E-state index contributed by atoms with van der Waals surface area (Å²) in [6.45, 7) is 7.87. The number of carbonyl (C=O) groups excluding carboxylic acids is 1. The van der Waals surface area contributed by atoms with E-state index in [1.165, 1.54) is 0 Å². The summed E-state index contributed by atoms with van der Waals surface area (Å²) in [6, 6.07) is 11.1. The number of nitrogens with one attached hydrogen (secondary N) is 1. The Balaban J connectivity index is 1.51. The van der Waals surface area contributed by atoms with E-state index in [1.54, 1.807) is 12.1 Å². The molecule has 28 heavy (non-hydrogen) atoms. The summed E-state index contributed by atoms with van der Waals surface area (Å²) in [7, 11) is 0. The van der Waals surface area contributed by atoms with Crippen molar-refractivity contribution in [2.24, 2.45) is 0 Å². The van der Waals surface area contributed by atoms with Crippen LogP contribution in [0.2, 0.25) is 0 Å². The number of aryl methyl sites for hydroxylation is 1. The molecule has 0 spiro atoms. The molecular formula is C21H28N2O5. The van der Waals surface area contributed by atoms with Crippen LogP contribution in [0, 0.1) is 6.92 Å². The number of nitrogens with zero attached hydrogens (tertiary/aromatic N) is 1. The lowest BCUT2D eigenvalue weighted by Gasteiger charge is -2.33. The van der Waals surface area contributed by atoms with Gasteiger partial charge in [-0.3, -0.25) is 9.69 Å². The van der Waals surface area contributed by atoms with E-state index in [2.05, 4.69) is 10.2 Å². The van der Waals surface area contributed by atoms with E-state index in [-0.39, 0.29) is 18.6 Å². The first-order valence-electron chi connectivity index (χ1n) is 9.66. The van der Waals surface area contributed by atoms with Gasteiger partial charge in [-0.1, -0.05) is 0 Å². The highest BCUT2D eigenvalue weighted by molar-refractivity contribution is 5.77. The number of ether oxygens (including phenoxy) is 3. The summed E-state index contributed by atoms with van der Waals surface area (Å²) in [6.07, 6.45) is 0. The standard InChI is InChI=1S/C21H28N2O5/c1-3-26-17-5-7-18(8-6-17)27-15-21(24)22-14-19(20-9-4-16(2)28-20)23-10-12-25-13-11-23/h4-9,19H,3,10-15H2,1-2H3,(H,22,24). The number of rotatable bonds is 9. The molecule has 7 heteroatoms. The Hall–Kier alpha value is -2.51. The zero-order valence-corrected chi connectivity index (χ0v) is 16.5. The highest BCUT2D eigenvalue weighted by Gasteiger charge is 2.25. The second-order valence-corrected chi connectivity index (χ2v) is 6.61. The molecule has 1 N–H and O–H groups in total. The van der Waals surface area contributed by atoms with Crippen LogP contribution < -0.4 is 14.8 Å². The van der Waals surface area contributed by atoms with Crippen LogP contribution in [0.25, 0.3) is 0 Å². The Morgan fingerprint density at radius 2 is 1.79 bits per heavy atom. The zero-order valence-electron chi connectivity index (χ0n) is 16.5. The van der Waals surface area contributed by atoms with Gasteiger partial charge in [0.05, 0.1) is 25.9 Å². The van der Waals surface area contributed by atoms with Crippen molar-refractivity contribution in [1.82, 2.24) is 10.2 Å². The molecule has 1 unspecified atom stereocenters. The molecular weight excluding hydrogens is 360 g/mol. The molecule has 1 aliphatic rings. The average Bonchev–Trinajstić information content (AvgIpc) is 3.15. The van der Waals surface area contributed by atoms with Crippen LogP contribution >= 0.6 is 0 Å². The Morgan fingerprint density at radius 1 is 1.11 bits per heavy atom. The van der Waals surface area contributed by atoms with Gasteiger partial charge < -0.3 is 23.9 Å². The summed E-state index contributed by atoms with van der Waals surface area (Å²) in [5.41, 5.74) is 0. The Kier molecular flexibility index (Phi) is 7.33. The van der Waals surface area contributed by atoms with Gasteiger partial charge in [0, 0.05) is 19.6 Å². The lowest BCUT2D eigenvalue weighted by Crippen LogP contribution is -2.44. The molecule has 152 valence electrons. The second kappa shape index (κ2) is 10.1. The van der Waals surface area contributed by atoms with Gasteiger partial charge in [0.25, 0.3) is 5.91 Å². The van der Waals surface area contributed by atoms with Crippen molar-refractivity contribution in [3.05, 3.63) is 47.9 Å². The lowest BCUT2D eigenvalue weighted by atomic mass is 10.1. The van der Waals surface area contributed by atoms with Crippen molar-refractivity contribution in [2.75, 3.05) is 46.1 Å². The predicted molar refractivity (Wildman–Crippen MR) is 105 cm³/mol. The minimum absolute atomic E-state index is 0.0213. The Bertz CT molecular complexity index is 738. The van der Waals surface area contributed by atoms with Gasteiger partial charge in [0.2, 0.25) is 0 Å². The number of hydrogen-bond donors (Lipinski definition) is 1. The number of hydrogen-bond acceptors (Lipinski definition) is 6. The van der Waals surface area contributed by atoms with E-state index in [0.717, 1.165) is 30.4 Å². The fourth-order valence-corrected chi connectivity index (χ4v) is 3.14. The van der Waals surface area contributed by atoms with Crippen LogP contribution in [0.1, 0.15) is 24.5 Å². The third-order valence-electron chi connectivity index (χ3n) is 4.57. The van der Waals surface area contributed by atoms with Crippen molar-refractivity contribution in [2.45, 2.75) is 19.9 Å². The molecule has 0 bridgehead atoms. The number of furan rings is 1. The van der Waals surface area contributed by atoms with Crippen LogP contribution in [-0.4, -0.2) is 56.9 Å². The van der Waals surface area contributed by atoms with Crippen molar-refractivity contribution in [3.8, 4) is 11.5 Å². The van der Waals surface area contributed by atoms with Gasteiger partial charge in [0.15, 0.2) is 6.61 Å². The predicted octanol–water partition coefficient (Wildman–Crippen LogP) is 2.56. The van der Waals surface area contributed by atoms with Crippen LogP contribution in [0.5, 0.6) is 11.5 Å². The molecule has 1 aromatic carbocycles. The van der Waals surface area contributed by atoms with Crippen LogP contribution in [0.4, 0.5) is 0 Å². The molecule has 1 saturated heterocycles. The third kappa shape index (κ3) is 5.74. The molecule has 3 rings (SSSR count). The Labute approximate surface area is 165 Å². The molecule has 0 radical (unpaired) electrons. The van der Waals surface area contributed by atoms with Crippen molar-refractivity contribution < 1.29 is 23.4 Å². The molecule has 1 fully saturated rings. The normalized spacial score (nSPS) is 15.8. The number of carbonyl (C=O) groups is 1. The smallest absolute Gasteiger partial charge is 0.258 e. The van der Waals surface area contributed by atoms with Gasteiger partial charge in [0.1, 0.15) is 23.0 Å². The van der Waals surface area contributed by atoms with E-state index in [0.29, 0.717) is 32.1 Å². The fourth-order valence-electron chi connectivity index (χ4n) is 3.14. The summed E-state index contributed by atoms with van der Waals surface area (Å²) in [5, 5.41) is 2.96. The minimum Gasteiger partial charge on any atom is -0.494 e. The summed E-state index contributed by atoms with van der Waals surface area (Å²) in [4.78, 5) is 14.5. The molecule has 1 aromatic heterocycles. The maximum atomic E-state index is 12.3. The molecule has 0 aliphatic carbocycles. The van der Waals surface area contributed by atoms with Gasteiger partial charge in [-0.2, -0.15) is 0 Å². The number of morpholine rings is 1. The van der Waals surface area contributed by atoms with Gasteiger partial charge in [-0.25, -0.2) is 0 Å². The third-order valence-corrected chi connectivity index (χ3v) is 4.57. The highest BCUT2D eigenvalue weighted by atomic mass is 16.5. The maximum Gasteiger partial charge on any atom is 0.258 e. The molecule has 7 nitrogen and oxygen atoms in total. The first kappa shape index (κ1) is 20.2. The van der Waals surface area contributed by atoms with Gasteiger partial charge >= 0.3 is 0 Å². The minimum atomic E-state index is -0.171. The van der Waals surface area contributed by atoms with Crippen LogP contribution in [-0.2, 0) is 9.53 Å². The lowest BCUT2D eigenvalue weighted by molar-refractivity contribution is -0.123. The van der Waals surface area contributed by atoms with Crippen LogP contribution in [0.15, 0.2) is 40.8 Å². The SMILES string of the molecule is CCOc1ccc(OCC(=O)NCC(c2ccc(C)o2)N2CCOCC2)cc1. The molecule has 1 atom stereocenters. The first-order chi connectivity index (χ1) is 13.7. The monoisotopic (exact) mass is 388 g/mol. The van der Waals surface area contributed by atoms with Crippen LogP contribution in [0.3, 0.4) is 0 Å². The van der Waals surface area contributed by atoms with E-state index in [4.69, 9.17) is 18.6 Å². The van der Waals surface area contributed by atoms with E-state index >= 15 is 0 Å². The molecule has 1 aliphatic heterocycles. The van der Waals surface area contributed by atoms with E-state index in [1.807, 2.05) is 38.1 Å². The average molecular weight is 388 g/mol. The number of benzene rings is 1. The highest BCUT2D eigenvalue weighted by Crippen LogP contribution is 2.23. The fraction of sp³-hybridized carbons (Fsp3) is 0.476. The number of amides is 1. The molecule has 2 aromatic rings. The van der Waals surface area contributed by atoms with Gasteiger partial charge in [-0.05, 0) is 50.2 Å². The summed E-state index contributed by atoms with van der Waals surface area (Å²) < 4.78 is 22.2. The molecule has 0 saturated carbocycles. The van der Waals surface area contributed by atoms with Gasteiger partial charge in [-0.15, -0.1) is 0 Å². The molecule has 2 heterocycles. The Morgan fingerprint density at radius 3 is 2.39 bits per heavy atom. The maximum absolute atomic E-state index is 12.3. The largest absolute Gasteiger partial charge is 0.494 e. The topological polar surface area (TPSA) is 73.2 Å². The van der Waals surface area contributed by atoms with E-state index in [9.17, 15) is 4.79 Å². The first-order valence-corrected chi connectivity index (χ1v) is 9.66.